The zero-order valence-electron chi connectivity index (χ0n) is 6.90. The Morgan fingerprint density at radius 3 is 2.92 bits per heavy atom. The number of amides is 1. The Hall–Kier alpha value is -1.65. The van der Waals surface area contributed by atoms with Crippen LogP contribution in [0.4, 0.5) is 0 Å². The molecule has 0 bridgehead atoms. The number of oxazole rings is 1. The van der Waals surface area contributed by atoms with Crippen LogP contribution in [0, 0.1) is 0 Å². The highest BCUT2D eigenvalue weighted by molar-refractivity contribution is 6.05. The van der Waals surface area contributed by atoms with Crippen molar-refractivity contribution in [3.8, 4) is 0 Å². The standard InChI is InChI=1S/C8H8N2O3/c11-6-1-8(12)10(3-6)4-7-2-9-5-13-7/h2,5H,1,3-4H2. The fourth-order valence-electron chi connectivity index (χ4n) is 1.29. The summed E-state index contributed by atoms with van der Waals surface area (Å²) >= 11 is 0. The summed E-state index contributed by atoms with van der Waals surface area (Å²) in [5, 5.41) is 0. The Morgan fingerprint density at radius 2 is 2.38 bits per heavy atom. The van der Waals surface area contributed by atoms with Crippen LogP contribution in [-0.4, -0.2) is 28.1 Å². The second kappa shape index (κ2) is 3.01. The van der Waals surface area contributed by atoms with E-state index in [1.807, 2.05) is 0 Å². The molecule has 1 aliphatic rings. The van der Waals surface area contributed by atoms with Gasteiger partial charge in [0.05, 0.1) is 25.7 Å². The largest absolute Gasteiger partial charge is 0.447 e. The van der Waals surface area contributed by atoms with Crippen LogP contribution in [0.3, 0.4) is 0 Å². The van der Waals surface area contributed by atoms with Crippen molar-refractivity contribution in [3.05, 3.63) is 18.4 Å². The van der Waals surface area contributed by atoms with Gasteiger partial charge in [-0.1, -0.05) is 0 Å². The molecule has 0 atom stereocenters. The maximum Gasteiger partial charge on any atom is 0.230 e. The van der Waals surface area contributed by atoms with Crippen molar-refractivity contribution in [3.63, 3.8) is 0 Å². The van der Waals surface area contributed by atoms with Crippen LogP contribution in [-0.2, 0) is 16.1 Å². The van der Waals surface area contributed by atoms with E-state index in [0.717, 1.165) is 0 Å². The minimum absolute atomic E-state index is 0.0220. The Morgan fingerprint density at radius 1 is 1.54 bits per heavy atom. The third kappa shape index (κ3) is 1.58. The fraction of sp³-hybridized carbons (Fsp3) is 0.375. The van der Waals surface area contributed by atoms with Crippen molar-refractivity contribution in [1.29, 1.82) is 0 Å². The van der Waals surface area contributed by atoms with E-state index in [4.69, 9.17) is 4.42 Å². The molecule has 68 valence electrons. The summed E-state index contributed by atoms with van der Waals surface area (Å²) in [6, 6.07) is 0. The minimum Gasteiger partial charge on any atom is -0.447 e. The summed E-state index contributed by atoms with van der Waals surface area (Å²) in [5.74, 6) is 0.425. The molecule has 1 aromatic heterocycles. The van der Waals surface area contributed by atoms with E-state index in [0.29, 0.717) is 12.3 Å². The van der Waals surface area contributed by atoms with E-state index in [-0.39, 0.29) is 24.7 Å². The number of ketones is 1. The predicted octanol–water partition coefficient (Wildman–Crippen LogP) is -0.0240. The highest BCUT2D eigenvalue weighted by atomic mass is 16.3. The van der Waals surface area contributed by atoms with Gasteiger partial charge >= 0.3 is 0 Å². The first-order valence-electron chi connectivity index (χ1n) is 3.92. The number of likely N-dealkylation sites (tertiary alicyclic amines) is 1. The zero-order chi connectivity index (χ0) is 9.26. The van der Waals surface area contributed by atoms with Crippen LogP contribution in [0.2, 0.25) is 0 Å². The van der Waals surface area contributed by atoms with Gasteiger partial charge in [0.25, 0.3) is 0 Å². The molecule has 1 saturated heterocycles. The zero-order valence-corrected chi connectivity index (χ0v) is 6.90. The highest BCUT2D eigenvalue weighted by Gasteiger charge is 2.27. The number of hydrogen-bond acceptors (Lipinski definition) is 4. The number of Topliss-reactive ketones (excluding diaryl/α,β-unsaturated/α-hetero) is 1. The van der Waals surface area contributed by atoms with Crippen molar-refractivity contribution in [2.24, 2.45) is 0 Å². The Labute approximate surface area is 74.3 Å². The third-order valence-corrected chi connectivity index (χ3v) is 1.90. The average molecular weight is 180 g/mol. The molecule has 5 nitrogen and oxygen atoms in total. The number of carbonyl (C=O) groups excluding carboxylic acids is 2. The van der Waals surface area contributed by atoms with Crippen molar-refractivity contribution in [2.45, 2.75) is 13.0 Å². The normalized spacial score (nSPS) is 17.1. The smallest absolute Gasteiger partial charge is 0.230 e. The van der Waals surface area contributed by atoms with E-state index in [1.54, 1.807) is 0 Å². The third-order valence-electron chi connectivity index (χ3n) is 1.90. The summed E-state index contributed by atoms with van der Waals surface area (Å²) in [4.78, 5) is 27.2. The second-order valence-corrected chi connectivity index (χ2v) is 2.93. The first-order valence-corrected chi connectivity index (χ1v) is 3.92. The molecular formula is C8H8N2O3. The summed E-state index contributed by atoms with van der Waals surface area (Å²) in [6.45, 7) is 0.532. The van der Waals surface area contributed by atoms with E-state index in [1.165, 1.54) is 17.5 Å². The molecule has 13 heavy (non-hydrogen) atoms. The summed E-state index contributed by atoms with van der Waals surface area (Å²) in [6.07, 6.45) is 2.86. The van der Waals surface area contributed by atoms with E-state index in [2.05, 4.69) is 4.98 Å². The molecule has 0 spiro atoms. The van der Waals surface area contributed by atoms with Gasteiger partial charge in [0.1, 0.15) is 5.76 Å². The molecule has 2 rings (SSSR count). The number of aromatic nitrogens is 1. The second-order valence-electron chi connectivity index (χ2n) is 2.93. The minimum atomic E-state index is -0.138. The lowest BCUT2D eigenvalue weighted by atomic mass is 10.3. The van der Waals surface area contributed by atoms with Crippen LogP contribution in [0.1, 0.15) is 12.2 Å². The molecule has 0 saturated carbocycles. The molecule has 0 radical (unpaired) electrons. The van der Waals surface area contributed by atoms with Gasteiger partial charge in [0.15, 0.2) is 12.2 Å². The van der Waals surface area contributed by atoms with Crippen molar-refractivity contribution in [2.75, 3.05) is 6.54 Å². The van der Waals surface area contributed by atoms with Gasteiger partial charge in [-0.15, -0.1) is 0 Å². The van der Waals surface area contributed by atoms with Crippen LogP contribution >= 0.6 is 0 Å². The molecule has 0 unspecified atom stereocenters. The molecule has 5 heteroatoms. The van der Waals surface area contributed by atoms with Crippen LogP contribution in [0.25, 0.3) is 0 Å². The summed E-state index contributed by atoms with van der Waals surface area (Å²) in [7, 11) is 0. The lowest BCUT2D eigenvalue weighted by molar-refractivity contribution is -0.128. The van der Waals surface area contributed by atoms with Crippen molar-refractivity contribution < 1.29 is 14.0 Å². The maximum atomic E-state index is 11.2. The van der Waals surface area contributed by atoms with Gasteiger partial charge in [0.2, 0.25) is 5.91 Å². The van der Waals surface area contributed by atoms with E-state index >= 15 is 0 Å². The first kappa shape index (κ1) is 7.97. The first-order chi connectivity index (χ1) is 6.25. The summed E-state index contributed by atoms with van der Waals surface area (Å²) < 4.78 is 4.96. The van der Waals surface area contributed by atoms with Crippen molar-refractivity contribution in [1.82, 2.24) is 9.88 Å². The SMILES string of the molecule is O=C1CC(=O)N(Cc2cnco2)C1. The van der Waals surface area contributed by atoms with Crippen LogP contribution < -0.4 is 0 Å². The predicted molar refractivity (Wildman–Crippen MR) is 41.5 cm³/mol. The van der Waals surface area contributed by atoms with Crippen LogP contribution in [0.15, 0.2) is 17.0 Å². The van der Waals surface area contributed by atoms with Gasteiger partial charge < -0.3 is 9.32 Å². The molecule has 1 fully saturated rings. The van der Waals surface area contributed by atoms with E-state index in [9.17, 15) is 9.59 Å². The van der Waals surface area contributed by atoms with Gasteiger partial charge in [-0.25, -0.2) is 4.98 Å². The van der Waals surface area contributed by atoms with Gasteiger partial charge in [-0.3, -0.25) is 9.59 Å². The Balaban J connectivity index is 2.03. The van der Waals surface area contributed by atoms with Crippen molar-refractivity contribution >= 4 is 11.7 Å². The Kier molecular flexibility index (Phi) is 1.84. The molecule has 1 aliphatic heterocycles. The fourth-order valence-corrected chi connectivity index (χ4v) is 1.29. The molecule has 1 aromatic rings. The van der Waals surface area contributed by atoms with Crippen LogP contribution in [0.5, 0.6) is 0 Å². The van der Waals surface area contributed by atoms with Gasteiger partial charge in [0, 0.05) is 0 Å². The summed E-state index contributed by atoms with van der Waals surface area (Å²) in [5.41, 5.74) is 0. The monoisotopic (exact) mass is 180 g/mol. The lowest BCUT2D eigenvalue weighted by Gasteiger charge is -2.11. The average Bonchev–Trinajstić information content (AvgIpc) is 2.63. The Bertz CT molecular complexity index is 331. The number of nitrogens with zero attached hydrogens (tertiary/aromatic N) is 2. The maximum absolute atomic E-state index is 11.2. The van der Waals surface area contributed by atoms with E-state index < -0.39 is 0 Å². The molecular weight excluding hydrogens is 172 g/mol. The number of rotatable bonds is 2. The molecule has 0 aromatic carbocycles. The molecule has 0 N–H and O–H groups in total. The molecule has 0 aliphatic carbocycles. The lowest BCUT2D eigenvalue weighted by Crippen LogP contribution is -2.24. The topological polar surface area (TPSA) is 63.4 Å². The molecule has 2 heterocycles. The molecule has 1 amide bonds. The van der Waals surface area contributed by atoms with Gasteiger partial charge in [-0.2, -0.15) is 0 Å². The van der Waals surface area contributed by atoms with Gasteiger partial charge in [-0.05, 0) is 0 Å². The number of hydrogen-bond donors (Lipinski definition) is 0. The quantitative estimate of drug-likeness (QED) is 0.600. The number of carbonyl (C=O) groups is 2. The highest BCUT2D eigenvalue weighted by Crippen LogP contribution is 2.11.